The third-order valence-corrected chi connectivity index (χ3v) is 7.09. The lowest BCUT2D eigenvalue weighted by Crippen LogP contribution is -2.34. The maximum Gasteiger partial charge on any atom is 0.258 e. The number of nitrogens with zero attached hydrogens (tertiary/aromatic N) is 2. The van der Waals surface area contributed by atoms with Crippen molar-refractivity contribution in [2.75, 3.05) is 6.54 Å². The predicted octanol–water partition coefficient (Wildman–Crippen LogP) is 5.63. The van der Waals surface area contributed by atoms with Crippen LogP contribution in [0.1, 0.15) is 29.7 Å². The molecule has 4 heterocycles. The van der Waals surface area contributed by atoms with Crippen molar-refractivity contribution in [3.05, 3.63) is 92.7 Å². The van der Waals surface area contributed by atoms with Gasteiger partial charge >= 0.3 is 0 Å². The van der Waals surface area contributed by atoms with Crippen molar-refractivity contribution >= 4 is 34.9 Å². The van der Waals surface area contributed by atoms with E-state index in [9.17, 15) is 9.18 Å². The average molecular weight is 500 g/mol. The Labute approximate surface area is 207 Å². The number of H-pyrrole nitrogens is 1. The van der Waals surface area contributed by atoms with Gasteiger partial charge in [0.25, 0.3) is 5.56 Å². The van der Waals surface area contributed by atoms with Gasteiger partial charge in [0.2, 0.25) is 0 Å². The number of halogens is 3. The molecule has 1 N–H and O–H groups in total. The van der Waals surface area contributed by atoms with Crippen molar-refractivity contribution in [1.29, 1.82) is 0 Å². The molecule has 1 atom stereocenters. The third-order valence-electron chi connectivity index (χ3n) is 6.86. The molecular formula is C26H24Cl2FN3O2. The first-order valence-corrected chi connectivity index (χ1v) is 11.6. The van der Waals surface area contributed by atoms with Gasteiger partial charge in [-0.15, -0.1) is 12.4 Å². The van der Waals surface area contributed by atoms with E-state index in [1.807, 2.05) is 12.1 Å². The standard InChI is InChI=1S/C26H23ClFN3O2.ClH/c27-17-4-3-16(23(28)10-17)15-33-20-7-9-31(26(32)13-20)19-5-6-21-22-14-30-8-1-2-18(30)11-25(22)29-24(21)12-19;/h3-7,9-10,12-13,18,29H,1-2,8,11,14-15H2;1H. The molecule has 6 rings (SSSR count). The number of hydrogen-bond donors (Lipinski definition) is 1. The Morgan fingerprint density at radius 1 is 1.15 bits per heavy atom. The Hall–Kier alpha value is -2.80. The molecule has 5 nitrogen and oxygen atoms in total. The lowest BCUT2D eigenvalue weighted by molar-refractivity contribution is 0.227. The molecule has 2 aromatic carbocycles. The number of rotatable bonds is 4. The molecule has 176 valence electrons. The van der Waals surface area contributed by atoms with Crippen LogP contribution >= 0.6 is 24.0 Å². The fourth-order valence-electron chi connectivity index (χ4n) is 5.14. The van der Waals surface area contributed by atoms with E-state index in [4.69, 9.17) is 16.3 Å². The van der Waals surface area contributed by atoms with Gasteiger partial charge in [-0.3, -0.25) is 14.3 Å². The topological polar surface area (TPSA) is 50.3 Å². The molecular weight excluding hydrogens is 476 g/mol. The fourth-order valence-corrected chi connectivity index (χ4v) is 5.30. The molecule has 2 aliphatic heterocycles. The second-order valence-corrected chi connectivity index (χ2v) is 9.31. The summed E-state index contributed by atoms with van der Waals surface area (Å²) in [5.41, 5.74) is 4.74. The Balaban J connectivity index is 0.00000241. The Morgan fingerprint density at radius 2 is 2.03 bits per heavy atom. The number of benzene rings is 2. The molecule has 1 unspecified atom stereocenters. The maximum absolute atomic E-state index is 14.0. The third kappa shape index (κ3) is 4.11. The molecule has 1 fully saturated rings. The summed E-state index contributed by atoms with van der Waals surface area (Å²) in [7, 11) is 0. The quantitative estimate of drug-likeness (QED) is 0.395. The molecule has 0 saturated carbocycles. The summed E-state index contributed by atoms with van der Waals surface area (Å²) < 4.78 is 21.2. The van der Waals surface area contributed by atoms with Crippen molar-refractivity contribution in [3.63, 3.8) is 0 Å². The van der Waals surface area contributed by atoms with Crippen molar-refractivity contribution in [3.8, 4) is 11.4 Å². The molecule has 0 amide bonds. The van der Waals surface area contributed by atoms with Crippen LogP contribution in [0, 0.1) is 5.82 Å². The lowest BCUT2D eigenvalue weighted by Gasteiger charge is -2.29. The summed E-state index contributed by atoms with van der Waals surface area (Å²) >= 11 is 5.79. The number of aromatic nitrogens is 2. The van der Waals surface area contributed by atoms with Gasteiger partial charge in [0.15, 0.2) is 0 Å². The molecule has 0 bridgehead atoms. The number of aromatic amines is 1. The van der Waals surface area contributed by atoms with E-state index >= 15 is 0 Å². The highest BCUT2D eigenvalue weighted by molar-refractivity contribution is 6.30. The van der Waals surface area contributed by atoms with Crippen LogP contribution in [0.15, 0.2) is 59.5 Å². The molecule has 1 saturated heterocycles. The maximum atomic E-state index is 14.0. The van der Waals surface area contributed by atoms with E-state index in [1.54, 1.807) is 29.0 Å². The van der Waals surface area contributed by atoms with Gasteiger partial charge in [-0.1, -0.05) is 23.7 Å². The summed E-state index contributed by atoms with van der Waals surface area (Å²) in [6.45, 7) is 2.20. The summed E-state index contributed by atoms with van der Waals surface area (Å²) in [6, 6.07) is 14.4. The minimum atomic E-state index is -0.432. The summed E-state index contributed by atoms with van der Waals surface area (Å²) in [6.07, 6.45) is 5.32. The molecule has 2 aromatic heterocycles. The molecule has 4 aromatic rings. The first kappa shape index (κ1) is 23.0. The number of nitrogens with one attached hydrogen (secondary N) is 1. The minimum absolute atomic E-state index is 0. The van der Waals surface area contributed by atoms with Gasteiger partial charge in [-0.2, -0.15) is 0 Å². The monoisotopic (exact) mass is 499 g/mol. The van der Waals surface area contributed by atoms with Crippen LogP contribution in [-0.4, -0.2) is 27.0 Å². The lowest BCUT2D eigenvalue weighted by atomic mass is 9.99. The van der Waals surface area contributed by atoms with Crippen LogP contribution in [0.4, 0.5) is 4.39 Å². The van der Waals surface area contributed by atoms with Gasteiger partial charge in [0.05, 0.1) is 5.69 Å². The van der Waals surface area contributed by atoms with Crippen molar-refractivity contribution in [2.45, 2.75) is 38.5 Å². The first-order chi connectivity index (χ1) is 16.0. The Kier molecular flexibility index (Phi) is 6.15. The zero-order chi connectivity index (χ0) is 22.5. The zero-order valence-corrected chi connectivity index (χ0v) is 20.0. The summed E-state index contributed by atoms with van der Waals surface area (Å²) in [4.78, 5) is 19.0. The van der Waals surface area contributed by atoms with Crippen molar-refractivity contribution < 1.29 is 9.13 Å². The second kappa shape index (κ2) is 9.10. The van der Waals surface area contributed by atoms with Crippen LogP contribution in [0.2, 0.25) is 5.02 Å². The number of pyridine rings is 1. The van der Waals surface area contributed by atoms with Crippen LogP contribution < -0.4 is 10.3 Å². The normalized spacial score (nSPS) is 17.3. The van der Waals surface area contributed by atoms with Crippen LogP contribution in [-0.2, 0) is 19.6 Å². The SMILES string of the molecule is Cl.O=c1cc(OCc2ccc(Cl)cc2F)ccn1-c1ccc2c3c([nH]c2c1)CC1CCCN1C3. The van der Waals surface area contributed by atoms with E-state index < -0.39 is 5.82 Å². The van der Waals surface area contributed by atoms with Crippen LogP contribution in [0.5, 0.6) is 5.75 Å². The average Bonchev–Trinajstić information content (AvgIpc) is 3.40. The summed E-state index contributed by atoms with van der Waals surface area (Å²) in [5, 5.41) is 1.57. The van der Waals surface area contributed by atoms with Gasteiger partial charge in [-0.05, 0) is 55.3 Å². The molecule has 0 aliphatic carbocycles. The highest BCUT2D eigenvalue weighted by Gasteiger charge is 2.31. The number of ether oxygens (including phenoxy) is 1. The highest BCUT2D eigenvalue weighted by atomic mass is 35.5. The molecule has 34 heavy (non-hydrogen) atoms. The second-order valence-electron chi connectivity index (χ2n) is 8.88. The van der Waals surface area contributed by atoms with Gasteiger partial charge in [0, 0.05) is 58.5 Å². The van der Waals surface area contributed by atoms with E-state index in [2.05, 4.69) is 16.0 Å². The largest absolute Gasteiger partial charge is 0.489 e. The van der Waals surface area contributed by atoms with Crippen LogP contribution in [0.25, 0.3) is 16.6 Å². The van der Waals surface area contributed by atoms with Gasteiger partial charge in [0.1, 0.15) is 18.2 Å². The van der Waals surface area contributed by atoms with E-state index in [0.29, 0.717) is 22.4 Å². The zero-order valence-electron chi connectivity index (χ0n) is 18.4. The molecule has 0 radical (unpaired) electrons. The highest BCUT2D eigenvalue weighted by Crippen LogP contribution is 2.34. The molecule has 8 heteroatoms. The predicted molar refractivity (Wildman–Crippen MR) is 134 cm³/mol. The Morgan fingerprint density at radius 3 is 2.85 bits per heavy atom. The van der Waals surface area contributed by atoms with Gasteiger partial charge in [-0.25, -0.2) is 4.39 Å². The summed E-state index contributed by atoms with van der Waals surface area (Å²) in [5.74, 6) is -0.0409. The molecule has 2 aliphatic rings. The number of fused-ring (bicyclic) bond motifs is 4. The fraction of sp³-hybridized carbons (Fsp3) is 0.269. The van der Waals surface area contributed by atoms with Crippen molar-refractivity contribution in [1.82, 2.24) is 14.5 Å². The smallest absolute Gasteiger partial charge is 0.258 e. The van der Waals surface area contributed by atoms with Crippen molar-refractivity contribution in [2.24, 2.45) is 0 Å². The van der Waals surface area contributed by atoms with E-state index in [0.717, 1.165) is 24.2 Å². The van der Waals surface area contributed by atoms with E-state index in [1.165, 1.54) is 48.2 Å². The Bertz CT molecular complexity index is 1430. The minimum Gasteiger partial charge on any atom is -0.489 e. The van der Waals surface area contributed by atoms with Gasteiger partial charge < -0.3 is 9.72 Å². The first-order valence-electron chi connectivity index (χ1n) is 11.2. The molecule has 0 spiro atoms. The van der Waals surface area contributed by atoms with E-state index in [-0.39, 0.29) is 24.6 Å². The van der Waals surface area contributed by atoms with Crippen LogP contribution in [0.3, 0.4) is 0 Å². The number of hydrogen-bond acceptors (Lipinski definition) is 3.